The van der Waals surface area contributed by atoms with Crippen LogP contribution in [0.1, 0.15) is 22.3 Å². The fourth-order valence-corrected chi connectivity index (χ4v) is 1.63. The second kappa shape index (κ2) is 6.77. The number of hydrogen-bond acceptors (Lipinski definition) is 3. The summed E-state index contributed by atoms with van der Waals surface area (Å²) in [7, 11) is 5.83. The molecule has 0 heterocycles. The second-order valence-corrected chi connectivity index (χ2v) is 4.57. The van der Waals surface area contributed by atoms with E-state index >= 15 is 0 Å². The molecule has 96 valence electrons. The summed E-state index contributed by atoms with van der Waals surface area (Å²) in [5.74, 6) is -0.00162. The van der Waals surface area contributed by atoms with Gasteiger partial charge in [-0.05, 0) is 51.3 Å². The first-order chi connectivity index (χ1) is 8.54. The molecule has 0 fully saturated rings. The van der Waals surface area contributed by atoms with Gasteiger partial charge in [0.05, 0.1) is 11.6 Å². The minimum Gasteiger partial charge on any atom is -0.342 e. The maximum Gasteiger partial charge on any atom is 0.253 e. The molecule has 0 aliphatic heterocycles. The maximum atomic E-state index is 12.0. The zero-order chi connectivity index (χ0) is 13.5. The zero-order valence-electron chi connectivity index (χ0n) is 11.2. The Morgan fingerprint density at radius 2 is 1.78 bits per heavy atom. The lowest BCUT2D eigenvalue weighted by atomic mass is 10.1. The zero-order valence-corrected chi connectivity index (χ0v) is 11.2. The van der Waals surface area contributed by atoms with Gasteiger partial charge in [0.2, 0.25) is 0 Å². The summed E-state index contributed by atoms with van der Waals surface area (Å²) in [5, 5.41) is 8.69. The second-order valence-electron chi connectivity index (χ2n) is 4.57. The molecule has 0 bridgehead atoms. The van der Waals surface area contributed by atoms with Gasteiger partial charge in [-0.1, -0.05) is 0 Å². The van der Waals surface area contributed by atoms with Crippen molar-refractivity contribution in [2.45, 2.75) is 6.42 Å². The lowest BCUT2D eigenvalue weighted by molar-refractivity contribution is 0.0790. The average Bonchev–Trinajstić information content (AvgIpc) is 2.37. The molecule has 18 heavy (non-hydrogen) atoms. The summed E-state index contributed by atoms with van der Waals surface area (Å²) in [6.07, 6.45) is 0.950. The number of amides is 1. The van der Waals surface area contributed by atoms with E-state index in [9.17, 15) is 4.79 Å². The highest BCUT2D eigenvalue weighted by Crippen LogP contribution is 2.06. The topological polar surface area (TPSA) is 47.3 Å². The Hall–Kier alpha value is -1.86. The molecule has 0 N–H and O–H groups in total. The average molecular weight is 245 g/mol. The molecule has 1 aromatic rings. The Labute approximate surface area is 108 Å². The standard InChI is InChI=1S/C14H19N3O/c1-16(2)9-4-10-17(3)14(18)13-7-5-12(11-15)6-8-13/h5-8H,4,9-10H2,1-3H3. The molecule has 1 amide bonds. The van der Waals surface area contributed by atoms with Crippen molar-refractivity contribution >= 4 is 5.91 Å². The first kappa shape index (κ1) is 14.2. The van der Waals surface area contributed by atoms with Gasteiger partial charge in [-0.15, -0.1) is 0 Å². The molecule has 0 radical (unpaired) electrons. The Balaban J connectivity index is 2.55. The molecule has 0 unspecified atom stereocenters. The molecular weight excluding hydrogens is 226 g/mol. The van der Waals surface area contributed by atoms with Crippen LogP contribution < -0.4 is 0 Å². The summed E-state index contributed by atoms with van der Waals surface area (Å²) in [6, 6.07) is 8.77. The Kier molecular flexibility index (Phi) is 5.34. The van der Waals surface area contributed by atoms with Crippen LogP contribution in [0.2, 0.25) is 0 Å². The monoisotopic (exact) mass is 245 g/mol. The molecule has 0 aromatic heterocycles. The molecule has 0 aliphatic carbocycles. The molecule has 0 saturated heterocycles. The first-order valence-electron chi connectivity index (χ1n) is 5.95. The van der Waals surface area contributed by atoms with Crippen LogP contribution >= 0.6 is 0 Å². The van der Waals surface area contributed by atoms with E-state index in [4.69, 9.17) is 5.26 Å². The van der Waals surface area contributed by atoms with Gasteiger partial charge in [-0.25, -0.2) is 0 Å². The van der Waals surface area contributed by atoms with Crippen molar-refractivity contribution in [3.63, 3.8) is 0 Å². The molecule has 0 aliphatic rings. The van der Waals surface area contributed by atoms with Crippen molar-refractivity contribution < 1.29 is 4.79 Å². The third-order valence-corrected chi connectivity index (χ3v) is 2.71. The van der Waals surface area contributed by atoms with Gasteiger partial charge in [0, 0.05) is 19.2 Å². The quantitative estimate of drug-likeness (QED) is 0.791. The van der Waals surface area contributed by atoms with E-state index in [0.29, 0.717) is 11.1 Å². The van der Waals surface area contributed by atoms with E-state index in [1.807, 2.05) is 20.2 Å². The molecule has 1 rings (SSSR count). The lowest BCUT2D eigenvalue weighted by Gasteiger charge is -2.18. The molecule has 0 saturated carbocycles. The predicted octanol–water partition coefficient (Wildman–Crippen LogP) is 1.58. The third-order valence-electron chi connectivity index (χ3n) is 2.71. The van der Waals surface area contributed by atoms with Crippen LogP contribution in [0.5, 0.6) is 0 Å². The Morgan fingerprint density at radius 3 is 2.28 bits per heavy atom. The Bertz CT molecular complexity index is 431. The van der Waals surface area contributed by atoms with Crippen molar-refractivity contribution in [2.75, 3.05) is 34.2 Å². The van der Waals surface area contributed by atoms with Crippen LogP contribution in [-0.2, 0) is 0 Å². The molecule has 4 heteroatoms. The van der Waals surface area contributed by atoms with Gasteiger partial charge in [0.15, 0.2) is 0 Å². The van der Waals surface area contributed by atoms with E-state index in [2.05, 4.69) is 4.90 Å². The SMILES string of the molecule is CN(C)CCCN(C)C(=O)c1ccc(C#N)cc1. The number of nitriles is 1. The number of nitrogens with zero attached hydrogens (tertiary/aromatic N) is 3. The molecule has 4 nitrogen and oxygen atoms in total. The van der Waals surface area contributed by atoms with Crippen LogP contribution in [0, 0.1) is 11.3 Å². The minimum atomic E-state index is -0.00162. The van der Waals surface area contributed by atoms with Gasteiger partial charge in [0.1, 0.15) is 0 Å². The van der Waals surface area contributed by atoms with Crippen molar-refractivity contribution in [2.24, 2.45) is 0 Å². The van der Waals surface area contributed by atoms with E-state index < -0.39 is 0 Å². The van der Waals surface area contributed by atoms with E-state index in [1.165, 1.54) is 0 Å². The van der Waals surface area contributed by atoms with E-state index in [0.717, 1.165) is 19.5 Å². The van der Waals surface area contributed by atoms with Crippen LogP contribution in [-0.4, -0.2) is 49.9 Å². The summed E-state index contributed by atoms with van der Waals surface area (Å²) in [4.78, 5) is 15.9. The summed E-state index contributed by atoms with van der Waals surface area (Å²) < 4.78 is 0. The maximum absolute atomic E-state index is 12.0. The fraction of sp³-hybridized carbons (Fsp3) is 0.429. The summed E-state index contributed by atoms with van der Waals surface area (Å²) in [5.41, 5.74) is 1.20. The number of hydrogen-bond donors (Lipinski definition) is 0. The number of benzene rings is 1. The minimum absolute atomic E-state index is 0.00162. The van der Waals surface area contributed by atoms with Crippen molar-refractivity contribution in [1.29, 1.82) is 5.26 Å². The summed E-state index contributed by atoms with van der Waals surface area (Å²) in [6.45, 7) is 1.70. The highest BCUT2D eigenvalue weighted by atomic mass is 16.2. The van der Waals surface area contributed by atoms with Gasteiger partial charge >= 0.3 is 0 Å². The lowest BCUT2D eigenvalue weighted by Crippen LogP contribution is -2.29. The predicted molar refractivity (Wildman–Crippen MR) is 71.3 cm³/mol. The number of carbonyl (C=O) groups is 1. The molecule has 0 spiro atoms. The normalized spacial score (nSPS) is 10.2. The largest absolute Gasteiger partial charge is 0.342 e. The smallest absolute Gasteiger partial charge is 0.253 e. The number of rotatable bonds is 5. The van der Waals surface area contributed by atoms with Crippen molar-refractivity contribution in [3.8, 4) is 6.07 Å². The summed E-state index contributed by atoms with van der Waals surface area (Å²) >= 11 is 0. The van der Waals surface area contributed by atoms with Crippen molar-refractivity contribution in [1.82, 2.24) is 9.80 Å². The van der Waals surface area contributed by atoms with Crippen LogP contribution in [0.25, 0.3) is 0 Å². The van der Waals surface area contributed by atoms with E-state index in [1.54, 1.807) is 36.2 Å². The van der Waals surface area contributed by atoms with Crippen LogP contribution in [0.15, 0.2) is 24.3 Å². The molecular formula is C14H19N3O. The van der Waals surface area contributed by atoms with Gasteiger partial charge in [0.25, 0.3) is 5.91 Å². The van der Waals surface area contributed by atoms with Gasteiger partial charge in [-0.2, -0.15) is 5.26 Å². The molecule has 1 aromatic carbocycles. The van der Waals surface area contributed by atoms with Crippen LogP contribution in [0.3, 0.4) is 0 Å². The van der Waals surface area contributed by atoms with Crippen LogP contribution in [0.4, 0.5) is 0 Å². The Morgan fingerprint density at radius 1 is 1.17 bits per heavy atom. The third kappa shape index (κ3) is 4.19. The number of carbonyl (C=O) groups excluding carboxylic acids is 1. The van der Waals surface area contributed by atoms with Crippen molar-refractivity contribution in [3.05, 3.63) is 35.4 Å². The first-order valence-corrected chi connectivity index (χ1v) is 5.95. The fourth-order valence-electron chi connectivity index (χ4n) is 1.63. The highest BCUT2D eigenvalue weighted by Gasteiger charge is 2.10. The van der Waals surface area contributed by atoms with E-state index in [-0.39, 0.29) is 5.91 Å². The molecule has 0 atom stereocenters. The highest BCUT2D eigenvalue weighted by molar-refractivity contribution is 5.94. The van der Waals surface area contributed by atoms with Gasteiger partial charge < -0.3 is 9.80 Å². The van der Waals surface area contributed by atoms with Gasteiger partial charge in [-0.3, -0.25) is 4.79 Å².